The standard InChI is InChI=1S/BH3.Li.HNO2.H/c;;2-1-3;/h1H3;;(H,2,3);. The van der Waals surface area contributed by atoms with Crippen molar-refractivity contribution in [1.82, 2.24) is 0 Å². The van der Waals surface area contributed by atoms with Gasteiger partial charge in [-0.25, -0.2) is 0 Å². The fourth-order valence-corrected chi connectivity index (χ4v) is 0. The van der Waals surface area contributed by atoms with Gasteiger partial charge in [0.2, 0.25) is 0 Å². The molecule has 0 radical (unpaired) electrons. The van der Waals surface area contributed by atoms with Crippen LogP contribution in [0.3, 0.4) is 0 Å². The van der Waals surface area contributed by atoms with Crippen LogP contribution in [0, 0.1) is 4.91 Å². The fraction of sp³-hybridized carbons (Fsp3) is 0. The van der Waals surface area contributed by atoms with Gasteiger partial charge in [-0.05, 0) is 0 Å². The van der Waals surface area contributed by atoms with Gasteiger partial charge in [0.1, 0.15) is 0 Å². The van der Waals surface area contributed by atoms with Gasteiger partial charge in [0, 0.05) is 0 Å². The zero-order valence-electron chi connectivity index (χ0n) is 1.30. The van der Waals surface area contributed by atoms with Crippen LogP contribution in [0.4, 0.5) is 0 Å². The molecule has 26 valence electrons. The van der Waals surface area contributed by atoms with Crippen LogP contribution < -0.4 is 0 Å². The van der Waals surface area contributed by atoms with Gasteiger partial charge in [0.15, 0.2) is 5.34 Å². The molecule has 0 spiro atoms. The van der Waals surface area contributed by atoms with Crippen molar-refractivity contribution < 1.29 is 5.21 Å². The Morgan fingerprint density at radius 3 is 1.60 bits per heavy atom. The van der Waals surface area contributed by atoms with Crippen LogP contribution in [0.25, 0.3) is 0 Å². The minimum atomic E-state index is 0. The summed E-state index contributed by atoms with van der Waals surface area (Å²) >= 11 is 0. The molecule has 0 aromatic heterocycles. The predicted octanol–water partition coefficient (Wildman–Crippen LogP) is -1.69. The maximum atomic E-state index is 8.11. The summed E-state index contributed by atoms with van der Waals surface area (Å²) in [6.07, 6.45) is 0. The Bertz CT molecular complexity index is 17.1. The molecule has 0 atom stereocenters. The van der Waals surface area contributed by atoms with E-state index in [1.807, 2.05) is 0 Å². The van der Waals surface area contributed by atoms with Gasteiger partial charge in [0.25, 0.3) is 0 Å². The molecule has 0 saturated heterocycles. The third kappa shape index (κ3) is 4450. The molecule has 0 aliphatic rings. The number of hydrogen-bond acceptors (Lipinski definition) is 2. The van der Waals surface area contributed by atoms with E-state index in [9.17, 15) is 0 Å². The van der Waals surface area contributed by atoms with E-state index in [0.29, 0.717) is 0 Å². The molecular formula is H5BLiNO2. The summed E-state index contributed by atoms with van der Waals surface area (Å²) in [6, 6.07) is 0. The monoisotopic (exact) mass is 69.1 g/mol. The van der Waals surface area contributed by atoms with Gasteiger partial charge < -0.3 is 5.21 Å². The molecule has 0 aliphatic heterocycles. The maximum absolute atomic E-state index is 8.11. The van der Waals surface area contributed by atoms with Crippen molar-refractivity contribution in [1.29, 1.82) is 0 Å². The Balaban J connectivity index is -0.0000000200. The van der Waals surface area contributed by atoms with E-state index >= 15 is 0 Å². The first-order valence-electron chi connectivity index (χ1n) is 0.383. The predicted molar refractivity (Wildman–Crippen MR) is 24.7 cm³/mol. The Morgan fingerprint density at radius 2 is 1.60 bits per heavy atom. The van der Waals surface area contributed by atoms with Gasteiger partial charge in [-0.1, -0.05) is 0 Å². The zero-order chi connectivity index (χ0) is 2.71. The fourth-order valence-electron chi connectivity index (χ4n) is 0. The Morgan fingerprint density at radius 1 is 1.60 bits per heavy atom. The van der Waals surface area contributed by atoms with Gasteiger partial charge in [-0.15, -0.1) is 4.91 Å². The van der Waals surface area contributed by atoms with Crippen molar-refractivity contribution >= 4 is 27.3 Å². The Kier molecular flexibility index (Phi) is 133. The Labute approximate surface area is 43.4 Å². The van der Waals surface area contributed by atoms with Crippen LogP contribution in [0.1, 0.15) is 0 Å². The number of hydrogen-bond donors (Lipinski definition) is 1. The van der Waals surface area contributed by atoms with E-state index in [1.54, 1.807) is 0 Å². The molecule has 0 heterocycles. The molecule has 0 unspecified atom stereocenters. The quantitative estimate of drug-likeness (QED) is 0.209. The molecule has 0 aromatic carbocycles. The first kappa shape index (κ1) is 19.6. The van der Waals surface area contributed by atoms with Crippen molar-refractivity contribution in [3.8, 4) is 0 Å². The summed E-state index contributed by atoms with van der Waals surface area (Å²) in [4.78, 5) is 8.11. The molecule has 0 saturated carbocycles. The van der Waals surface area contributed by atoms with Gasteiger partial charge in [-0.3, -0.25) is 0 Å². The van der Waals surface area contributed by atoms with E-state index in [-0.39, 0.29) is 27.3 Å². The van der Waals surface area contributed by atoms with Crippen LogP contribution in [0.15, 0.2) is 5.34 Å². The average Bonchev–Trinajstić information content (AvgIpc) is 0.918. The molecule has 0 aliphatic carbocycles. The van der Waals surface area contributed by atoms with Crippen molar-refractivity contribution in [2.45, 2.75) is 0 Å². The number of rotatable bonds is 0. The van der Waals surface area contributed by atoms with E-state index in [2.05, 4.69) is 0 Å². The molecule has 1 N–H and O–H groups in total. The van der Waals surface area contributed by atoms with Crippen molar-refractivity contribution in [3.05, 3.63) is 4.91 Å². The van der Waals surface area contributed by atoms with Crippen LogP contribution in [-0.2, 0) is 0 Å². The Hall–Kier alpha value is 0.0623. The summed E-state index contributed by atoms with van der Waals surface area (Å²) in [5, 5.41) is 7.89. The van der Waals surface area contributed by atoms with Crippen LogP contribution >= 0.6 is 0 Å². The first-order valence-corrected chi connectivity index (χ1v) is 0.383. The first-order chi connectivity index (χ1) is 1.41. The van der Waals surface area contributed by atoms with Crippen LogP contribution in [0.2, 0.25) is 0 Å². The van der Waals surface area contributed by atoms with Gasteiger partial charge >= 0.3 is 18.9 Å². The second-order valence-electron chi connectivity index (χ2n) is 0.0816. The third-order valence-electron chi connectivity index (χ3n) is 0. The summed E-state index contributed by atoms with van der Waals surface area (Å²) in [5.74, 6) is 0. The SMILES string of the molecule is B.O=NO.[LiH]. The zero-order valence-corrected chi connectivity index (χ0v) is 1.30. The average molecular weight is 68.8 g/mol. The van der Waals surface area contributed by atoms with Crippen molar-refractivity contribution in [2.75, 3.05) is 0 Å². The molecule has 0 rings (SSSR count). The van der Waals surface area contributed by atoms with E-state index in [4.69, 9.17) is 10.1 Å². The second kappa shape index (κ2) is 33.8. The van der Waals surface area contributed by atoms with Gasteiger partial charge in [-0.2, -0.15) is 0 Å². The third-order valence-corrected chi connectivity index (χ3v) is 0. The molecule has 3 nitrogen and oxygen atoms in total. The number of nitrogens with zero attached hydrogens (tertiary/aromatic N) is 1. The second-order valence-corrected chi connectivity index (χ2v) is 0.0816. The summed E-state index contributed by atoms with van der Waals surface area (Å²) in [6.45, 7) is 0. The molecule has 0 aromatic rings. The van der Waals surface area contributed by atoms with Crippen LogP contribution in [0.5, 0.6) is 0 Å². The topological polar surface area (TPSA) is 49.7 Å². The molecule has 5 heavy (non-hydrogen) atoms. The van der Waals surface area contributed by atoms with Crippen molar-refractivity contribution in [3.63, 3.8) is 0 Å². The van der Waals surface area contributed by atoms with Crippen molar-refractivity contribution in [2.24, 2.45) is 5.34 Å². The van der Waals surface area contributed by atoms with Crippen LogP contribution in [-0.4, -0.2) is 32.5 Å². The normalized spacial score (nSPS) is 2.40. The minimum absolute atomic E-state index is 0. The summed E-state index contributed by atoms with van der Waals surface area (Å²) in [7, 11) is 0. The molecule has 0 bridgehead atoms. The molecule has 0 amide bonds. The molecule has 5 heteroatoms. The van der Waals surface area contributed by atoms with E-state index in [0.717, 1.165) is 0 Å². The molecule has 0 fully saturated rings. The van der Waals surface area contributed by atoms with E-state index < -0.39 is 0 Å². The van der Waals surface area contributed by atoms with Gasteiger partial charge in [0.05, 0.1) is 8.41 Å². The molecular weight excluding hydrogens is 63.8 g/mol. The summed E-state index contributed by atoms with van der Waals surface area (Å²) in [5.41, 5.74) is 0. The van der Waals surface area contributed by atoms with E-state index in [1.165, 1.54) is 5.34 Å². The summed E-state index contributed by atoms with van der Waals surface area (Å²) < 4.78 is 0.